The molecule has 1 aromatic rings. The van der Waals surface area contributed by atoms with E-state index in [9.17, 15) is 4.79 Å². The molecule has 4 nitrogen and oxygen atoms in total. The minimum absolute atomic E-state index is 0.136. The molecule has 1 rings (SSSR count). The van der Waals surface area contributed by atoms with Gasteiger partial charge in [-0.25, -0.2) is 0 Å². The van der Waals surface area contributed by atoms with Crippen LogP contribution in [0.2, 0.25) is 0 Å². The zero-order valence-electron chi connectivity index (χ0n) is 10.3. The Labute approximate surface area is 101 Å². The van der Waals surface area contributed by atoms with Gasteiger partial charge in [0.05, 0.1) is 22.2 Å². The van der Waals surface area contributed by atoms with E-state index in [1.165, 1.54) is 0 Å². The first-order valence-electron chi connectivity index (χ1n) is 5.21. The fourth-order valence-corrected chi connectivity index (χ4v) is 1.34. The van der Waals surface area contributed by atoms with Gasteiger partial charge in [0.15, 0.2) is 0 Å². The third kappa shape index (κ3) is 2.76. The van der Waals surface area contributed by atoms with Crippen molar-refractivity contribution in [3.05, 3.63) is 17.5 Å². The number of nitrogens with one attached hydrogen (secondary N) is 1. The van der Waals surface area contributed by atoms with E-state index in [0.29, 0.717) is 5.56 Å². The van der Waals surface area contributed by atoms with Crippen LogP contribution in [0, 0.1) is 6.92 Å². The van der Waals surface area contributed by atoms with Crippen LogP contribution in [0.25, 0.3) is 0 Å². The Morgan fingerprint density at radius 3 is 2.56 bits per heavy atom. The fourth-order valence-electron chi connectivity index (χ4n) is 1.28. The number of amides is 1. The molecule has 90 valence electrons. The molecule has 0 fully saturated rings. The Hall–Kier alpha value is -1.03. The number of hydrogen-bond donors (Lipinski definition) is 1. The zero-order chi connectivity index (χ0) is 12.5. The highest BCUT2D eigenvalue weighted by molar-refractivity contribution is 6.21. The molecule has 1 unspecified atom stereocenters. The number of alkyl halides is 1. The maximum Gasteiger partial charge on any atom is 0.255 e. The van der Waals surface area contributed by atoms with Crippen LogP contribution in [-0.2, 0) is 7.05 Å². The van der Waals surface area contributed by atoms with Crippen LogP contribution in [0.1, 0.15) is 36.8 Å². The predicted molar refractivity (Wildman–Crippen MR) is 64.8 cm³/mol. The van der Waals surface area contributed by atoms with Crippen molar-refractivity contribution in [3.8, 4) is 0 Å². The summed E-state index contributed by atoms with van der Waals surface area (Å²) in [6, 6.07) is 0. The van der Waals surface area contributed by atoms with E-state index in [0.717, 1.165) is 5.69 Å². The molecule has 0 aliphatic heterocycles. The normalized spacial score (nSPS) is 13.6. The zero-order valence-corrected chi connectivity index (χ0v) is 11.1. The van der Waals surface area contributed by atoms with Gasteiger partial charge in [0.1, 0.15) is 0 Å². The van der Waals surface area contributed by atoms with Crippen molar-refractivity contribution >= 4 is 17.5 Å². The predicted octanol–water partition coefficient (Wildman–Crippen LogP) is 1.86. The Morgan fingerprint density at radius 1 is 1.62 bits per heavy atom. The van der Waals surface area contributed by atoms with Crippen LogP contribution in [0.3, 0.4) is 0 Å². The van der Waals surface area contributed by atoms with Gasteiger partial charge in [-0.05, 0) is 27.7 Å². The SMILES string of the molecule is Cc1nn(C)cc1C(=O)NC(C)(C)C(C)Cl. The number of carbonyl (C=O) groups is 1. The van der Waals surface area contributed by atoms with E-state index in [2.05, 4.69) is 10.4 Å². The lowest BCUT2D eigenvalue weighted by atomic mass is 10.0. The fraction of sp³-hybridized carbons (Fsp3) is 0.636. The van der Waals surface area contributed by atoms with Crippen molar-refractivity contribution in [1.82, 2.24) is 15.1 Å². The second-order valence-electron chi connectivity index (χ2n) is 4.59. The van der Waals surface area contributed by atoms with Gasteiger partial charge in [-0.1, -0.05) is 0 Å². The molecular formula is C11H18ClN3O. The lowest BCUT2D eigenvalue weighted by molar-refractivity contribution is 0.0912. The van der Waals surface area contributed by atoms with Crippen LogP contribution in [0.15, 0.2) is 6.20 Å². The second kappa shape index (κ2) is 4.45. The molecule has 0 radical (unpaired) electrons. The molecule has 0 aliphatic rings. The summed E-state index contributed by atoms with van der Waals surface area (Å²) in [6.45, 7) is 7.46. The van der Waals surface area contributed by atoms with Crippen molar-refractivity contribution in [2.75, 3.05) is 0 Å². The number of nitrogens with zero attached hydrogens (tertiary/aromatic N) is 2. The molecule has 5 heteroatoms. The highest BCUT2D eigenvalue weighted by Crippen LogP contribution is 2.16. The van der Waals surface area contributed by atoms with Gasteiger partial charge in [0.2, 0.25) is 0 Å². The van der Waals surface area contributed by atoms with Crippen LogP contribution in [0.4, 0.5) is 0 Å². The molecule has 1 heterocycles. The van der Waals surface area contributed by atoms with Crippen molar-refractivity contribution in [1.29, 1.82) is 0 Å². The molecule has 16 heavy (non-hydrogen) atoms. The Kier molecular flexibility index (Phi) is 3.63. The lowest BCUT2D eigenvalue weighted by Crippen LogP contribution is -2.49. The summed E-state index contributed by atoms with van der Waals surface area (Å²) >= 11 is 6.01. The van der Waals surface area contributed by atoms with Gasteiger partial charge in [-0.3, -0.25) is 9.48 Å². The van der Waals surface area contributed by atoms with Crippen molar-refractivity contribution in [3.63, 3.8) is 0 Å². The summed E-state index contributed by atoms with van der Waals surface area (Å²) in [4.78, 5) is 12.0. The van der Waals surface area contributed by atoms with Gasteiger partial charge in [0, 0.05) is 13.2 Å². The van der Waals surface area contributed by atoms with E-state index < -0.39 is 5.54 Å². The third-order valence-corrected chi connectivity index (χ3v) is 3.23. The summed E-state index contributed by atoms with van der Waals surface area (Å²) in [5.41, 5.74) is 0.868. The quantitative estimate of drug-likeness (QED) is 0.824. The van der Waals surface area contributed by atoms with Gasteiger partial charge in [0.25, 0.3) is 5.91 Å². The Bertz CT molecular complexity index is 396. The molecule has 1 aromatic heterocycles. The molecule has 0 spiro atoms. The maximum absolute atomic E-state index is 12.0. The van der Waals surface area contributed by atoms with Gasteiger partial charge in [-0.2, -0.15) is 5.10 Å². The first-order valence-corrected chi connectivity index (χ1v) is 5.64. The van der Waals surface area contributed by atoms with Crippen LogP contribution in [-0.4, -0.2) is 26.6 Å². The number of rotatable bonds is 3. The monoisotopic (exact) mass is 243 g/mol. The van der Waals surface area contributed by atoms with Crippen molar-refractivity contribution < 1.29 is 4.79 Å². The largest absolute Gasteiger partial charge is 0.346 e. The highest BCUT2D eigenvalue weighted by atomic mass is 35.5. The first kappa shape index (κ1) is 13.0. The van der Waals surface area contributed by atoms with Crippen LogP contribution >= 0.6 is 11.6 Å². The van der Waals surface area contributed by atoms with Crippen molar-refractivity contribution in [2.45, 2.75) is 38.6 Å². The van der Waals surface area contributed by atoms with Gasteiger partial charge < -0.3 is 5.32 Å². The van der Waals surface area contributed by atoms with E-state index in [-0.39, 0.29) is 11.3 Å². The number of carbonyl (C=O) groups excluding carboxylic acids is 1. The first-order chi connectivity index (χ1) is 7.24. The van der Waals surface area contributed by atoms with E-state index >= 15 is 0 Å². The summed E-state index contributed by atoms with van der Waals surface area (Å²) in [6.07, 6.45) is 1.71. The molecule has 0 aromatic carbocycles. The number of hydrogen-bond acceptors (Lipinski definition) is 2. The Morgan fingerprint density at radius 2 is 2.19 bits per heavy atom. The highest BCUT2D eigenvalue weighted by Gasteiger charge is 2.27. The second-order valence-corrected chi connectivity index (χ2v) is 5.25. The van der Waals surface area contributed by atoms with E-state index in [1.807, 2.05) is 27.7 Å². The Balaban J connectivity index is 2.85. The molecule has 1 atom stereocenters. The number of halogens is 1. The molecule has 0 saturated carbocycles. The minimum Gasteiger partial charge on any atom is -0.346 e. The molecule has 0 bridgehead atoms. The average molecular weight is 244 g/mol. The van der Waals surface area contributed by atoms with Gasteiger partial charge in [-0.15, -0.1) is 11.6 Å². The minimum atomic E-state index is -0.444. The van der Waals surface area contributed by atoms with Crippen molar-refractivity contribution in [2.24, 2.45) is 7.05 Å². The molecule has 1 amide bonds. The van der Waals surface area contributed by atoms with Gasteiger partial charge >= 0.3 is 0 Å². The lowest BCUT2D eigenvalue weighted by Gasteiger charge is -2.28. The maximum atomic E-state index is 12.0. The average Bonchev–Trinajstić information content (AvgIpc) is 2.44. The van der Waals surface area contributed by atoms with E-state index in [1.54, 1.807) is 17.9 Å². The smallest absolute Gasteiger partial charge is 0.255 e. The molecule has 1 N–H and O–H groups in total. The van der Waals surface area contributed by atoms with Crippen LogP contribution < -0.4 is 5.32 Å². The van der Waals surface area contributed by atoms with E-state index in [4.69, 9.17) is 11.6 Å². The molecular weight excluding hydrogens is 226 g/mol. The summed E-state index contributed by atoms with van der Waals surface area (Å²) in [5.74, 6) is -0.136. The van der Waals surface area contributed by atoms with Crippen LogP contribution in [0.5, 0.6) is 0 Å². The number of aromatic nitrogens is 2. The summed E-state index contributed by atoms with van der Waals surface area (Å²) in [5, 5.41) is 6.89. The summed E-state index contributed by atoms with van der Waals surface area (Å²) < 4.78 is 1.63. The molecule has 0 saturated heterocycles. The third-order valence-electron chi connectivity index (χ3n) is 2.69. The summed E-state index contributed by atoms with van der Waals surface area (Å²) in [7, 11) is 1.79. The number of aryl methyl sites for hydroxylation is 2. The topological polar surface area (TPSA) is 46.9 Å². The standard InChI is InChI=1S/C11H18ClN3O/c1-7-9(6-15(5)14-7)10(16)13-11(3,4)8(2)12/h6,8H,1-5H3,(H,13,16). The molecule has 0 aliphatic carbocycles.